The van der Waals surface area contributed by atoms with Gasteiger partial charge in [-0.25, -0.2) is 13.2 Å². The van der Waals surface area contributed by atoms with Crippen molar-refractivity contribution in [1.29, 1.82) is 0 Å². The Kier molecular flexibility index (Phi) is 5.62. The summed E-state index contributed by atoms with van der Waals surface area (Å²) in [6.07, 6.45) is 0.347. The molecule has 1 amide bonds. The fraction of sp³-hybridized carbons (Fsp3) is 0.867. The molecule has 1 unspecified atom stereocenters. The maximum atomic E-state index is 12.0. The number of sulfone groups is 1. The monoisotopic (exact) mass is 360 g/mol. The average molecular weight is 360 g/mol. The van der Waals surface area contributed by atoms with Crippen LogP contribution in [0, 0.1) is 5.92 Å². The van der Waals surface area contributed by atoms with Crippen LogP contribution in [-0.4, -0.2) is 80.1 Å². The highest BCUT2D eigenvalue weighted by molar-refractivity contribution is 7.91. The van der Waals surface area contributed by atoms with E-state index >= 15 is 0 Å². The van der Waals surface area contributed by atoms with Crippen molar-refractivity contribution >= 4 is 21.9 Å². The van der Waals surface area contributed by atoms with Crippen LogP contribution in [0.1, 0.15) is 27.2 Å². The lowest BCUT2D eigenvalue weighted by Crippen LogP contribution is -2.53. The normalized spacial score (nSPS) is 25.0. The topological polar surface area (TPSA) is 105 Å². The molecule has 0 aromatic heterocycles. The van der Waals surface area contributed by atoms with Crippen LogP contribution in [0.25, 0.3) is 0 Å². The summed E-state index contributed by atoms with van der Waals surface area (Å²) in [7, 11) is -2.88. The molecule has 24 heavy (non-hydrogen) atoms. The number of carbonyl (C=O) groups is 1. The summed E-state index contributed by atoms with van der Waals surface area (Å²) in [5.41, 5.74) is 5.51. The highest BCUT2D eigenvalue weighted by atomic mass is 32.2. The lowest BCUT2D eigenvalue weighted by atomic mass is 10.1. The Labute approximate surface area is 143 Å². The zero-order valence-electron chi connectivity index (χ0n) is 14.7. The molecule has 0 aromatic rings. The maximum Gasteiger partial charge on any atom is 0.410 e. The van der Waals surface area contributed by atoms with E-state index in [4.69, 9.17) is 10.5 Å². The van der Waals surface area contributed by atoms with E-state index in [1.54, 1.807) is 4.90 Å². The molecule has 0 saturated carbocycles. The molecular weight excluding hydrogens is 332 g/mol. The summed E-state index contributed by atoms with van der Waals surface area (Å²) in [4.78, 5) is 19.9. The van der Waals surface area contributed by atoms with Crippen molar-refractivity contribution in [1.82, 2.24) is 9.80 Å². The van der Waals surface area contributed by atoms with E-state index in [-0.39, 0.29) is 23.5 Å². The lowest BCUT2D eigenvalue weighted by molar-refractivity contribution is 0.0186. The number of rotatable bonds is 2. The van der Waals surface area contributed by atoms with Gasteiger partial charge in [0.05, 0.1) is 11.5 Å². The minimum Gasteiger partial charge on any atom is -0.444 e. The molecule has 2 saturated heterocycles. The summed E-state index contributed by atoms with van der Waals surface area (Å²) < 4.78 is 28.3. The molecule has 2 aliphatic heterocycles. The zero-order chi connectivity index (χ0) is 18.0. The van der Waals surface area contributed by atoms with Crippen LogP contribution in [0.3, 0.4) is 0 Å². The van der Waals surface area contributed by atoms with Crippen LogP contribution < -0.4 is 5.73 Å². The Morgan fingerprint density at radius 1 is 1.21 bits per heavy atom. The van der Waals surface area contributed by atoms with Gasteiger partial charge in [0.25, 0.3) is 0 Å². The van der Waals surface area contributed by atoms with E-state index in [9.17, 15) is 13.2 Å². The van der Waals surface area contributed by atoms with E-state index in [0.29, 0.717) is 45.1 Å². The number of amides is 1. The van der Waals surface area contributed by atoms with Crippen molar-refractivity contribution in [2.45, 2.75) is 32.8 Å². The minimum absolute atomic E-state index is 0.0663. The molecule has 2 rings (SSSR count). The number of ether oxygens (including phenoxy) is 1. The predicted octanol–water partition coefficient (Wildman–Crippen LogP) is 0.289. The molecule has 138 valence electrons. The fourth-order valence-electron chi connectivity index (χ4n) is 2.78. The van der Waals surface area contributed by atoms with Gasteiger partial charge in [0.1, 0.15) is 5.60 Å². The van der Waals surface area contributed by atoms with Gasteiger partial charge in [-0.2, -0.15) is 0 Å². The highest BCUT2D eigenvalue weighted by Crippen LogP contribution is 2.18. The quantitative estimate of drug-likeness (QED) is 0.560. The Bertz CT molecular complexity index is 589. The number of piperazine rings is 1. The molecule has 0 radical (unpaired) electrons. The van der Waals surface area contributed by atoms with Crippen molar-refractivity contribution in [3.8, 4) is 0 Å². The predicted molar refractivity (Wildman–Crippen MR) is 92.6 cm³/mol. The van der Waals surface area contributed by atoms with Crippen LogP contribution in [-0.2, 0) is 14.6 Å². The van der Waals surface area contributed by atoms with Gasteiger partial charge in [-0.05, 0) is 33.1 Å². The summed E-state index contributed by atoms with van der Waals surface area (Å²) in [5.74, 6) is 0.942. The van der Waals surface area contributed by atoms with Gasteiger partial charge in [-0.3, -0.25) is 4.99 Å². The van der Waals surface area contributed by atoms with Gasteiger partial charge in [-0.1, -0.05) is 0 Å². The van der Waals surface area contributed by atoms with Crippen LogP contribution in [0.5, 0.6) is 0 Å². The summed E-state index contributed by atoms with van der Waals surface area (Å²) >= 11 is 0. The number of nitrogens with two attached hydrogens (primary N) is 1. The molecular formula is C15H28N4O4S. The molecule has 2 fully saturated rings. The Morgan fingerprint density at radius 3 is 2.29 bits per heavy atom. The number of aliphatic imine (C=N–C) groups is 1. The molecule has 2 N–H and O–H groups in total. The molecule has 9 heteroatoms. The molecule has 0 aliphatic carbocycles. The van der Waals surface area contributed by atoms with Crippen molar-refractivity contribution in [3.05, 3.63) is 0 Å². The van der Waals surface area contributed by atoms with Crippen molar-refractivity contribution in [2.24, 2.45) is 16.6 Å². The average Bonchev–Trinajstić information content (AvgIpc) is 2.82. The Hall–Kier alpha value is -1.51. The third-order valence-electron chi connectivity index (χ3n) is 4.09. The first-order valence-corrected chi connectivity index (χ1v) is 10.1. The first-order chi connectivity index (χ1) is 11.1. The molecule has 0 aromatic carbocycles. The Morgan fingerprint density at radius 2 is 1.79 bits per heavy atom. The first-order valence-electron chi connectivity index (χ1n) is 8.29. The molecule has 2 heterocycles. The first kappa shape index (κ1) is 18.8. The second-order valence-electron chi connectivity index (χ2n) is 7.42. The number of guanidine groups is 1. The van der Waals surface area contributed by atoms with Crippen LogP contribution in [0.15, 0.2) is 4.99 Å². The van der Waals surface area contributed by atoms with Crippen molar-refractivity contribution in [3.63, 3.8) is 0 Å². The van der Waals surface area contributed by atoms with E-state index in [1.807, 2.05) is 25.7 Å². The third-order valence-corrected chi connectivity index (χ3v) is 5.93. The highest BCUT2D eigenvalue weighted by Gasteiger charge is 2.29. The zero-order valence-corrected chi connectivity index (χ0v) is 15.5. The third kappa shape index (κ3) is 5.54. The van der Waals surface area contributed by atoms with Crippen molar-refractivity contribution in [2.75, 3.05) is 44.2 Å². The van der Waals surface area contributed by atoms with Gasteiger partial charge in [0.15, 0.2) is 15.8 Å². The Balaban J connectivity index is 1.79. The molecule has 2 aliphatic rings. The lowest BCUT2D eigenvalue weighted by Gasteiger charge is -2.36. The summed E-state index contributed by atoms with van der Waals surface area (Å²) in [5, 5.41) is 0. The largest absolute Gasteiger partial charge is 0.444 e. The standard InChI is InChI=1S/C15H28N4O4S/c1-15(2,3)23-14(20)19-7-5-18(6-8-19)13(16)17-10-12-4-9-24(21,22)11-12/h12H,4-11H2,1-3H3,(H2,16,17). The van der Waals surface area contributed by atoms with E-state index < -0.39 is 15.4 Å². The van der Waals surface area contributed by atoms with Gasteiger partial charge in [0.2, 0.25) is 0 Å². The van der Waals surface area contributed by atoms with Crippen LogP contribution >= 0.6 is 0 Å². The van der Waals surface area contributed by atoms with E-state index in [1.165, 1.54) is 0 Å². The van der Waals surface area contributed by atoms with Gasteiger partial charge in [-0.15, -0.1) is 0 Å². The number of nitrogens with zero attached hydrogens (tertiary/aromatic N) is 3. The summed E-state index contributed by atoms with van der Waals surface area (Å²) in [6.45, 7) is 8.22. The summed E-state index contributed by atoms with van der Waals surface area (Å²) in [6, 6.07) is 0. The second kappa shape index (κ2) is 7.16. The number of hydrogen-bond donors (Lipinski definition) is 1. The van der Waals surface area contributed by atoms with Crippen LogP contribution in [0.2, 0.25) is 0 Å². The fourth-order valence-corrected chi connectivity index (χ4v) is 4.63. The molecule has 1 atom stereocenters. The SMILES string of the molecule is CC(C)(C)OC(=O)N1CCN(C(N)=NCC2CCS(=O)(=O)C2)CC1. The minimum atomic E-state index is -2.88. The smallest absolute Gasteiger partial charge is 0.410 e. The molecule has 8 nitrogen and oxygen atoms in total. The van der Waals surface area contributed by atoms with Crippen LogP contribution in [0.4, 0.5) is 4.79 Å². The molecule has 0 bridgehead atoms. The van der Waals surface area contributed by atoms with Crippen molar-refractivity contribution < 1.29 is 17.9 Å². The van der Waals surface area contributed by atoms with E-state index in [2.05, 4.69) is 4.99 Å². The van der Waals surface area contributed by atoms with Gasteiger partial charge < -0.3 is 20.3 Å². The maximum absolute atomic E-state index is 12.0. The number of hydrogen-bond acceptors (Lipinski definition) is 5. The molecule has 0 spiro atoms. The van der Waals surface area contributed by atoms with Gasteiger partial charge >= 0.3 is 6.09 Å². The number of carbonyl (C=O) groups excluding carboxylic acids is 1. The van der Waals surface area contributed by atoms with E-state index in [0.717, 1.165) is 0 Å². The van der Waals surface area contributed by atoms with Gasteiger partial charge in [0, 0.05) is 32.7 Å². The second-order valence-corrected chi connectivity index (χ2v) is 9.65.